The Hall–Kier alpha value is -1.92. The van der Waals surface area contributed by atoms with E-state index in [0.717, 1.165) is 41.4 Å². The number of hydrogen-bond acceptors (Lipinski definition) is 5. The zero-order chi connectivity index (χ0) is 17.6. The monoisotopic (exact) mass is 359 g/mol. The molecule has 1 aliphatic heterocycles. The molecular formula is C19H25N3O2S. The number of nitrogens with zero attached hydrogens (tertiary/aromatic N) is 1. The molecule has 1 aliphatic rings. The summed E-state index contributed by atoms with van der Waals surface area (Å²) in [5, 5.41) is 6.96. The molecule has 1 saturated heterocycles. The van der Waals surface area contributed by atoms with Crippen molar-refractivity contribution in [3.63, 3.8) is 0 Å². The average Bonchev–Trinajstić information content (AvgIpc) is 3.24. The summed E-state index contributed by atoms with van der Waals surface area (Å²) >= 11 is 1.52. The number of carbonyl (C=O) groups excluding carboxylic acids is 1. The number of carbonyl (C=O) groups is 1. The Morgan fingerprint density at radius 1 is 1.40 bits per heavy atom. The van der Waals surface area contributed by atoms with E-state index >= 15 is 0 Å². The van der Waals surface area contributed by atoms with E-state index in [1.807, 2.05) is 38.1 Å². The maximum Gasteiger partial charge on any atom is 0.226 e. The second-order valence-electron chi connectivity index (χ2n) is 6.33. The quantitative estimate of drug-likeness (QED) is 0.788. The summed E-state index contributed by atoms with van der Waals surface area (Å²) in [6.07, 6.45) is 2.67. The van der Waals surface area contributed by atoms with Crippen molar-refractivity contribution in [2.45, 2.75) is 33.1 Å². The zero-order valence-electron chi connectivity index (χ0n) is 14.8. The van der Waals surface area contributed by atoms with Crippen LogP contribution in [0.3, 0.4) is 0 Å². The summed E-state index contributed by atoms with van der Waals surface area (Å²) in [7, 11) is 0. The fourth-order valence-corrected chi connectivity index (χ4v) is 3.92. The van der Waals surface area contributed by atoms with Crippen molar-refractivity contribution in [2.75, 3.05) is 25.0 Å². The number of thiazole rings is 1. The second-order valence-corrected chi connectivity index (χ2v) is 7.53. The van der Waals surface area contributed by atoms with Crippen molar-refractivity contribution in [1.82, 2.24) is 10.3 Å². The summed E-state index contributed by atoms with van der Waals surface area (Å²) in [6.45, 7) is 6.76. The molecule has 2 heterocycles. The maximum atomic E-state index is 12.2. The highest BCUT2D eigenvalue weighted by Crippen LogP contribution is 2.31. The van der Waals surface area contributed by atoms with Crippen LogP contribution >= 0.6 is 11.3 Å². The number of benzene rings is 1. The first kappa shape index (κ1) is 17.9. The fourth-order valence-electron chi connectivity index (χ4n) is 3.07. The van der Waals surface area contributed by atoms with Crippen LogP contribution in [0.15, 0.2) is 24.3 Å². The van der Waals surface area contributed by atoms with Crippen molar-refractivity contribution in [3.05, 3.63) is 29.1 Å². The molecule has 2 aromatic rings. The third-order valence-corrected chi connectivity index (χ3v) is 5.31. The lowest BCUT2D eigenvalue weighted by Gasteiger charge is -2.07. The standard InChI is InChI=1S/C19H25N3O2S/c1-3-24-16-7-5-15(6-8-16)18-13(2)25-19(22-18)21-17(23)9-4-14-10-11-20-12-14/h5-8,14,20H,3-4,9-12H2,1-2H3,(H,21,22,23). The van der Waals surface area contributed by atoms with Gasteiger partial charge in [0.1, 0.15) is 5.75 Å². The number of anilines is 1. The summed E-state index contributed by atoms with van der Waals surface area (Å²) in [6, 6.07) is 7.91. The van der Waals surface area contributed by atoms with Crippen LogP contribution in [0.5, 0.6) is 5.75 Å². The normalized spacial score (nSPS) is 16.8. The Morgan fingerprint density at radius 2 is 2.20 bits per heavy atom. The minimum Gasteiger partial charge on any atom is -0.494 e. The summed E-state index contributed by atoms with van der Waals surface area (Å²) < 4.78 is 5.47. The molecule has 1 aromatic heterocycles. The molecule has 0 spiro atoms. The van der Waals surface area contributed by atoms with Crippen molar-refractivity contribution >= 4 is 22.4 Å². The largest absolute Gasteiger partial charge is 0.494 e. The van der Waals surface area contributed by atoms with Gasteiger partial charge in [-0.1, -0.05) is 0 Å². The fraction of sp³-hybridized carbons (Fsp3) is 0.474. The highest BCUT2D eigenvalue weighted by atomic mass is 32.1. The van der Waals surface area contributed by atoms with Crippen molar-refractivity contribution in [2.24, 2.45) is 5.92 Å². The molecule has 0 radical (unpaired) electrons. The van der Waals surface area contributed by atoms with Gasteiger partial charge in [-0.25, -0.2) is 4.98 Å². The molecule has 1 fully saturated rings. The van der Waals surface area contributed by atoms with Gasteiger partial charge < -0.3 is 15.4 Å². The van der Waals surface area contributed by atoms with Crippen molar-refractivity contribution in [1.29, 1.82) is 0 Å². The molecule has 3 rings (SSSR count). The van der Waals surface area contributed by atoms with Gasteiger partial charge in [-0.2, -0.15) is 0 Å². The topological polar surface area (TPSA) is 63.2 Å². The van der Waals surface area contributed by atoms with Crippen LogP contribution in [-0.2, 0) is 4.79 Å². The van der Waals surface area contributed by atoms with Gasteiger partial charge >= 0.3 is 0 Å². The number of hydrogen-bond donors (Lipinski definition) is 2. The third kappa shape index (κ3) is 4.80. The van der Waals surface area contributed by atoms with E-state index in [1.54, 1.807) is 0 Å². The van der Waals surface area contributed by atoms with Gasteiger partial charge in [-0.3, -0.25) is 4.79 Å². The van der Waals surface area contributed by atoms with E-state index in [2.05, 4.69) is 15.6 Å². The summed E-state index contributed by atoms with van der Waals surface area (Å²) in [4.78, 5) is 17.9. The predicted octanol–water partition coefficient (Wildman–Crippen LogP) is 3.85. The maximum absolute atomic E-state index is 12.2. The Labute approximate surface area is 152 Å². The van der Waals surface area contributed by atoms with E-state index < -0.39 is 0 Å². The molecule has 6 heteroatoms. The first-order chi connectivity index (χ1) is 12.2. The van der Waals surface area contributed by atoms with E-state index in [0.29, 0.717) is 24.1 Å². The van der Waals surface area contributed by atoms with Gasteiger partial charge in [0, 0.05) is 16.9 Å². The molecule has 1 unspecified atom stereocenters. The average molecular weight is 359 g/mol. The number of amides is 1. The number of nitrogens with one attached hydrogen (secondary N) is 2. The minimum atomic E-state index is 0.0545. The summed E-state index contributed by atoms with van der Waals surface area (Å²) in [5.74, 6) is 1.54. The van der Waals surface area contributed by atoms with Gasteiger partial charge in [-0.05, 0) is 70.0 Å². The molecule has 5 nitrogen and oxygen atoms in total. The highest BCUT2D eigenvalue weighted by molar-refractivity contribution is 7.16. The van der Waals surface area contributed by atoms with E-state index in [4.69, 9.17) is 4.74 Å². The molecule has 1 atom stereocenters. The predicted molar refractivity (Wildman–Crippen MR) is 102 cm³/mol. The first-order valence-corrected chi connectivity index (χ1v) is 9.68. The third-order valence-electron chi connectivity index (χ3n) is 4.42. The van der Waals surface area contributed by atoms with Crippen LogP contribution in [0.2, 0.25) is 0 Å². The van der Waals surface area contributed by atoms with Gasteiger partial charge in [0.05, 0.1) is 12.3 Å². The molecule has 0 aliphatic carbocycles. The Morgan fingerprint density at radius 3 is 2.88 bits per heavy atom. The number of ether oxygens (including phenoxy) is 1. The second kappa shape index (κ2) is 8.45. The van der Waals surface area contributed by atoms with Gasteiger partial charge in [0.25, 0.3) is 0 Å². The Kier molecular flexibility index (Phi) is 6.04. The van der Waals surface area contributed by atoms with Crippen molar-refractivity contribution < 1.29 is 9.53 Å². The number of rotatable bonds is 7. The lowest BCUT2D eigenvalue weighted by Crippen LogP contribution is -2.14. The van der Waals surface area contributed by atoms with Gasteiger partial charge in [0.2, 0.25) is 5.91 Å². The van der Waals surface area contributed by atoms with Crippen LogP contribution in [0.25, 0.3) is 11.3 Å². The molecule has 0 bridgehead atoms. The minimum absolute atomic E-state index is 0.0545. The van der Waals surface area contributed by atoms with Crippen LogP contribution in [0.1, 0.15) is 31.1 Å². The molecule has 2 N–H and O–H groups in total. The SMILES string of the molecule is CCOc1ccc(-c2nc(NC(=O)CCC3CCNC3)sc2C)cc1. The first-order valence-electron chi connectivity index (χ1n) is 8.87. The lowest BCUT2D eigenvalue weighted by atomic mass is 10.0. The van der Waals surface area contributed by atoms with E-state index in [1.165, 1.54) is 17.8 Å². The van der Waals surface area contributed by atoms with Crippen LogP contribution in [-0.4, -0.2) is 30.6 Å². The van der Waals surface area contributed by atoms with Gasteiger partial charge in [-0.15, -0.1) is 11.3 Å². The van der Waals surface area contributed by atoms with Crippen LogP contribution in [0, 0.1) is 12.8 Å². The number of aromatic nitrogens is 1. The molecule has 1 amide bonds. The molecule has 134 valence electrons. The molecule has 1 aromatic carbocycles. The summed E-state index contributed by atoms with van der Waals surface area (Å²) in [5.41, 5.74) is 1.96. The Bertz CT molecular complexity index is 706. The Balaban J connectivity index is 1.60. The molecule has 25 heavy (non-hydrogen) atoms. The lowest BCUT2D eigenvalue weighted by molar-refractivity contribution is -0.116. The number of aryl methyl sites for hydroxylation is 1. The molecular weight excluding hydrogens is 334 g/mol. The van der Waals surface area contributed by atoms with Crippen LogP contribution in [0.4, 0.5) is 5.13 Å². The van der Waals surface area contributed by atoms with Crippen molar-refractivity contribution in [3.8, 4) is 17.0 Å². The highest BCUT2D eigenvalue weighted by Gasteiger charge is 2.17. The molecule has 0 saturated carbocycles. The van der Waals surface area contributed by atoms with Gasteiger partial charge in [0.15, 0.2) is 5.13 Å². The van der Waals surface area contributed by atoms with E-state index in [-0.39, 0.29) is 5.91 Å². The van der Waals surface area contributed by atoms with E-state index in [9.17, 15) is 4.79 Å². The smallest absolute Gasteiger partial charge is 0.226 e. The van der Waals surface area contributed by atoms with Crippen LogP contribution < -0.4 is 15.4 Å². The zero-order valence-corrected chi connectivity index (χ0v) is 15.6.